The number of benzene rings is 2. The summed E-state index contributed by atoms with van der Waals surface area (Å²) in [5.41, 5.74) is 3.56. The largest absolute Gasteiger partial charge is 0.420 e. The molecule has 0 amide bonds. The Morgan fingerprint density at radius 2 is 1.88 bits per heavy atom. The van der Waals surface area contributed by atoms with Gasteiger partial charge in [0.15, 0.2) is 0 Å². The summed E-state index contributed by atoms with van der Waals surface area (Å²) in [5, 5.41) is 19.2. The molecule has 160 valence electrons. The molecular formula is C25H23N5O2. The van der Waals surface area contributed by atoms with Crippen LogP contribution < -0.4 is 10.5 Å². The highest BCUT2D eigenvalue weighted by molar-refractivity contribution is 5.94. The SMILES string of the molecule is Cc1cccc(-c2nnc(C3CCN(c4c(C#N)c(=O)n(C)c5ccccc45)CC3)o2)c1. The summed E-state index contributed by atoms with van der Waals surface area (Å²) in [4.78, 5) is 15.0. The average Bonchev–Trinajstić information content (AvgIpc) is 3.32. The molecule has 0 atom stereocenters. The van der Waals surface area contributed by atoms with Gasteiger partial charge in [0.1, 0.15) is 11.6 Å². The summed E-state index contributed by atoms with van der Waals surface area (Å²) in [5.74, 6) is 1.34. The second kappa shape index (κ2) is 7.97. The number of anilines is 1. The van der Waals surface area contributed by atoms with Gasteiger partial charge in [-0.2, -0.15) is 5.26 Å². The molecule has 0 unspecified atom stereocenters. The number of piperidine rings is 1. The van der Waals surface area contributed by atoms with Crippen LogP contribution in [0.5, 0.6) is 0 Å². The molecule has 2 aromatic carbocycles. The summed E-state index contributed by atoms with van der Waals surface area (Å²) >= 11 is 0. The van der Waals surface area contributed by atoms with Gasteiger partial charge in [0.05, 0.1) is 11.2 Å². The molecule has 5 rings (SSSR count). The monoisotopic (exact) mass is 425 g/mol. The Labute approximate surface area is 185 Å². The number of fused-ring (bicyclic) bond motifs is 1. The lowest BCUT2D eigenvalue weighted by Crippen LogP contribution is -2.35. The quantitative estimate of drug-likeness (QED) is 0.490. The van der Waals surface area contributed by atoms with Crippen LogP contribution in [0.2, 0.25) is 0 Å². The Morgan fingerprint density at radius 1 is 1.09 bits per heavy atom. The molecule has 0 aliphatic carbocycles. The zero-order valence-corrected chi connectivity index (χ0v) is 18.1. The first-order valence-electron chi connectivity index (χ1n) is 10.7. The number of rotatable bonds is 3. The fourth-order valence-corrected chi connectivity index (χ4v) is 4.55. The number of hydrogen-bond donors (Lipinski definition) is 0. The van der Waals surface area contributed by atoms with E-state index in [9.17, 15) is 10.1 Å². The van der Waals surface area contributed by atoms with Crippen molar-refractivity contribution in [2.75, 3.05) is 18.0 Å². The average molecular weight is 425 g/mol. The van der Waals surface area contributed by atoms with Crippen LogP contribution in [0.3, 0.4) is 0 Å². The third-order valence-corrected chi connectivity index (χ3v) is 6.25. The van der Waals surface area contributed by atoms with Crippen LogP contribution in [0.25, 0.3) is 22.4 Å². The summed E-state index contributed by atoms with van der Waals surface area (Å²) < 4.78 is 7.56. The van der Waals surface area contributed by atoms with E-state index in [-0.39, 0.29) is 17.0 Å². The van der Waals surface area contributed by atoms with Crippen LogP contribution in [-0.4, -0.2) is 27.9 Å². The minimum Gasteiger partial charge on any atom is -0.420 e. The zero-order valence-electron chi connectivity index (χ0n) is 18.1. The van der Waals surface area contributed by atoms with Crippen LogP contribution in [0.15, 0.2) is 57.7 Å². The molecule has 1 saturated heterocycles. The molecule has 3 heterocycles. The predicted octanol–water partition coefficient (Wildman–Crippen LogP) is 4.15. The first-order chi connectivity index (χ1) is 15.6. The van der Waals surface area contributed by atoms with Gasteiger partial charge in [-0.05, 0) is 38.0 Å². The molecule has 0 saturated carbocycles. The first kappa shape index (κ1) is 20.0. The van der Waals surface area contributed by atoms with Gasteiger partial charge in [-0.3, -0.25) is 4.79 Å². The van der Waals surface area contributed by atoms with E-state index in [4.69, 9.17) is 4.42 Å². The maximum Gasteiger partial charge on any atom is 0.270 e. The van der Waals surface area contributed by atoms with E-state index >= 15 is 0 Å². The van der Waals surface area contributed by atoms with Crippen molar-refractivity contribution in [2.45, 2.75) is 25.7 Å². The standard InChI is InChI=1S/C25H23N5O2/c1-16-6-5-7-18(14-16)24-28-27-23(32-24)17-10-12-30(13-11-17)22-19-8-3-4-9-21(19)29(2)25(31)20(22)15-26/h3-9,14,17H,10-13H2,1-2H3. The summed E-state index contributed by atoms with van der Waals surface area (Å²) in [6, 6.07) is 17.9. The van der Waals surface area contributed by atoms with Crippen molar-refractivity contribution >= 4 is 16.6 Å². The Balaban J connectivity index is 1.42. The van der Waals surface area contributed by atoms with Crippen LogP contribution >= 0.6 is 0 Å². The van der Waals surface area contributed by atoms with E-state index in [1.807, 2.05) is 55.5 Å². The van der Waals surface area contributed by atoms with Gasteiger partial charge in [0, 0.05) is 37.0 Å². The number of nitriles is 1. The van der Waals surface area contributed by atoms with Crippen molar-refractivity contribution in [3.05, 3.63) is 75.9 Å². The highest BCUT2D eigenvalue weighted by Gasteiger charge is 2.28. The summed E-state index contributed by atoms with van der Waals surface area (Å²) in [6.45, 7) is 3.45. The third-order valence-electron chi connectivity index (χ3n) is 6.25. The van der Waals surface area contributed by atoms with Gasteiger partial charge in [-0.25, -0.2) is 0 Å². The lowest BCUT2D eigenvalue weighted by molar-refractivity contribution is 0.398. The molecule has 32 heavy (non-hydrogen) atoms. The smallest absolute Gasteiger partial charge is 0.270 e. The Hall–Kier alpha value is -3.92. The fourth-order valence-electron chi connectivity index (χ4n) is 4.55. The normalized spacial score (nSPS) is 14.6. The maximum atomic E-state index is 12.8. The highest BCUT2D eigenvalue weighted by atomic mass is 16.4. The molecule has 1 aliphatic rings. The second-order valence-electron chi connectivity index (χ2n) is 8.29. The third kappa shape index (κ3) is 3.34. The number of hydrogen-bond acceptors (Lipinski definition) is 6. The topological polar surface area (TPSA) is 88.0 Å². The van der Waals surface area contributed by atoms with Gasteiger partial charge < -0.3 is 13.9 Å². The van der Waals surface area contributed by atoms with Gasteiger partial charge in [-0.15, -0.1) is 10.2 Å². The molecule has 7 nitrogen and oxygen atoms in total. The van der Waals surface area contributed by atoms with Gasteiger partial charge in [-0.1, -0.05) is 35.9 Å². The van der Waals surface area contributed by atoms with E-state index in [1.165, 1.54) is 0 Å². The Kier molecular flexibility index (Phi) is 4.98. The minimum absolute atomic E-state index is 0.153. The lowest BCUT2D eigenvalue weighted by Gasteiger charge is -2.33. The fraction of sp³-hybridized carbons (Fsp3) is 0.280. The number of para-hydroxylation sites is 1. The molecule has 0 bridgehead atoms. The lowest BCUT2D eigenvalue weighted by atomic mass is 9.95. The van der Waals surface area contributed by atoms with E-state index < -0.39 is 0 Å². The second-order valence-corrected chi connectivity index (χ2v) is 8.29. The summed E-state index contributed by atoms with van der Waals surface area (Å²) in [7, 11) is 1.71. The van der Waals surface area contributed by atoms with Crippen LogP contribution in [0, 0.1) is 18.3 Å². The van der Waals surface area contributed by atoms with E-state index in [0.29, 0.717) is 24.9 Å². The van der Waals surface area contributed by atoms with Crippen LogP contribution in [-0.2, 0) is 7.05 Å². The molecule has 0 spiro atoms. The van der Waals surface area contributed by atoms with Crippen molar-refractivity contribution in [1.29, 1.82) is 5.26 Å². The molecule has 1 fully saturated rings. The number of nitrogens with zero attached hydrogens (tertiary/aromatic N) is 5. The number of aromatic nitrogens is 3. The molecule has 4 aromatic rings. The van der Waals surface area contributed by atoms with Crippen LogP contribution in [0.4, 0.5) is 5.69 Å². The van der Waals surface area contributed by atoms with Crippen molar-refractivity contribution in [3.8, 4) is 17.5 Å². The van der Waals surface area contributed by atoms with Crippen LogP contribution in [0.1, 0.15) is 35.8 Å². The highest BCUT2D eigenvalue weighted by Crippen LogP contribution is 2.35. The van der Waals surface area contributed by atoms with Crippen molar-refractivity contribution in [1.82, 2.24) is 14.8 Å². The van der Waals surface area contributed by atoms with Gasteiger partial charge in [0.25, 0.3) is 5.56 Å². The maximum absolute atomic E-state index is 12.8. The van der Waals surface area contributed by atoms with Gasteiger partial charge >= 0.3 is 0 Å². The van der Waals surface area contributed by atoms with Crippen molar-refractivity contribution in [2.24, 2.45) is 7.05 Å². The molecule has 1 aliphatic heterocycles. The molecule has 7 heteroatoms. The summed E-state index contributed by atoms with van der Waals surface area (Å²) in [6.07, 6.45) is 1.62. The number of pyridine rings is 1. The van der Waals surface area contributed by atoms with E-state index in [0.717, 1.165) is 40.6 Å². The Bertz CT molecular complexity index is 1400. The Morgan fingerprint density at radius 3 is 2.62 bits per heavy atom. The minimum atomic E-state index is -0.261. The zero-order chi connectivity index (χ0) is 22.2. The van der Waals surface area contributed by atoms with Crippen molar-refractivity contribution < 1.29 is 4.42 Å². The molecule has 0 radical (unpaired) electrons. The van der Waals surface area contributed by atoms with Crippen molar-refractivity contribution in [3.63, 3.8) is 0 Å². The van der Waals surface area contributed by atoms with Gasteiger partial charge in [0.2, 0.25) is 11.8 Å². The molecule has 0 N–H and O–H groups in total. The van der Waals surface area contributed by atoms with E-state index in [2.05, 4.69) is 21.2 Å². The molecule has 2 aromatic heterocycles. The molecular weight excluding hydrogens is 402 g/mol. The predicted molar refractivity (Wildman–Crippen MR) is 123 cm³/mol. The van der Waals surface area contributed by atoms with E-state index in [1.54, 1.807) is 11.6 Å². The first-order valence-corrected chi connectivity index (χ1v) is 10.7. The number of aryl methyl sites for hydroxylation is 2.